The molecule has 2 atom stereocenters. The molecule has 5 heteroatoms. The molecular formula is C14H21ClN2O2. The summed E-state index contributed by atoms with van der Waals surface area (Å²) >= 11 is 0. The van der Waals surface area contributed by atoms with Gasteiger partial charge in [-0.15, -0.1) is 12.4 Å². The number of methoxy groups -OCH3 is 1. The predicted octanol–water partition coefficient (Wildman–Crippen LogP) is 2.23. The van der Waals surface area contributed by atoms with Gasteiger partial charge < -0.3 is 15.8 Å². The van der Waals surface area contributed by atoms with Crippen LogP contribution in [0.25, 0.3) is 0 Å². The summed E-state index contributed by atoms with van der Waals surface area (Å²) in [5.74, 6) is -0.110. The third-order valence-corrected chi connectivity index (χ3v) is 3.97. The molecule has 0 radical (unpaired) electrons. The number of halogens is 1. The van der Waals surface area contributed by atoms with E-state index in [1.54, 1.807) is 19.2 Å². The maximum Gasteiger partial charge on any atom is 0.253 e. The van der Waals surface area contributed by atoms with Crippen molar-refractivity contribution in [1.82, 2.24) is 5.32 Å². The maximum absolute atomic E-state index is 12.1. The Labute approximate surface area is 120 Å². The van der Waals surface area contributed by atoms with E-state index in [0.717, 1.165) is 6.42 Å². The standard InChI is InChI=1S/C14H20N2O2.ClH/c1-14(2)11(8-12(14)18-3)16-13(17)9-6-4-5-7-10(9)15;/h4-7,11-12H,8,15H2,1-3H3,(H,16,17);1H. The first-order valence-corrected chi connectivity index (χ1v) is 6.15. The van der Waals surface area contributed by atoms with Gasteiger partial charge >= 0.3 is 0 Å². The Morgan fingerprint density at radius 2 is 2.05 bits per heavy atom. The molecule has 2 unspecified atom stereocenters. The zero-order valence-electron chi connectivity index (χ0n) is 11.5. The lowest BCUT2D eigenvalue weighted by Gasteiger charge is -2.51. The summed E-state index contributed by atoms with van der Waals surface area (Å²) in [5, 5.41) is 3.03. The van der Waals surface area contributed by atoms with E-state index in [0.29, 0.717) is 11.3 Å². The molecule has 106 valence electrons. The second-order valence-electron chi connectivity index (χ2n) is 5.39. The van der Waals surface area contributed by atoms with Crippen LogP contribution in [-0.4, -0.2) is 25.2 Å². The van der Waals surface area contributed by atoms with E-state index < -0.39 is 0 Å². The van der Waals surface area contributed by atoms with Crippen molar-refractivity contribution < 1.29 is 9.53 Å². The first-order valence-electron chi connectivity index (χ1n) is 6.15. The first kappa shape index (κ1) is 15.8. The molecule has 1 aromatic rings. The average Bonchev–Trinajstić information content (AvgIpc) is 2.34. The number of hydrogen-bond donors (Lipinski definition) is 2. The van der Waals surface area contributed by atoms with Crippen molar-refractivity contribution >= 4 is 24.0 Å². The fraction of sp³-hybridized carbons (Fsp3) is 0.500. The van der Waals surface area contributed by atoms with E-state index in [1.807, 2.05) is 12.1 Å². The minimum Gasteiger partial charge on any atom is -0.398 e. The smallest absolute Gasteiger partial charge is 0.253 e. The molecule has 0 spiro atoms. The molecule has 0 heterocycles. The molecule has 1 aliphatic carbocycles. The summed E-state index contributed by atoms with van der Waals surface area (Å²) < 4.78 is 5.37. The second kappa shape index (κ2) is 5.80. The molecule has 0 aliphatic heterocycles. The number of ether oxygens (including phenoxy) is 1. The second-order valence-corrected chi connectivity index (χ2v) is 5.39. The minimum absolute atomic E-state index is 0. The Morgan fingerprint density at radius 3 is 2.58 bits per heavy atom. The zero-order chi connectivity index (χ0) is 13.3. The monoisotopic (exact) mass is 284 g/mol. The molecule has 1 aliphatic rings. The molecule has 2 rings (SSSR count). The van der Waals surface area contributed by atoms with Crippen LogP contribution < -0.4 is 11.1 Å². The largest absolute Gasteiger partial charge is 0.398 e. The van der Waals surface area contributed by atoms with Crippen molar-refractivity contribution in [2.75, 3.05) is 12.8 Å². The van der Waals surface area contributed by atoms with Crippen LogP contribution in [0.3, 0.4) is 0 Å². The van der Waals surface area contributed by atoms with Gasteiger partial charge in [0.15, 0.2) is 0 Å². The Kier molecular flexibility index (Phi) is 4.82. The van der Waals surface area contributed by atoms with E-state index in [4.69, 9.17) is 10.5 Å². The average molecular weight is 285 g/mol. The van der Waals surface area contributed by atoms with Gasteiger partial charge in [-0.3, -0.25) is 4.79 Å². The number of carbonyl (C=O) groups excluding carboxylic acids is 1. The van der Waals surface area contributed by atoms with Crippen molar-refractivity contribution in [2.24, 2.45) is 5.41 Å². The van der Waals surface area contributed by atoms with Crippen LogP contribution in [-0.2, 0) is 4.74 Å². The quantitative estimate of drug-likeness (QED) is 0.837. The fourth-order valence-electron chi connectivity index (χ4n) is 2.47. The lowest BCUT2D eigenvalue weighted by molar-refractivity contribution is -0.0942. The number of nitrogens with one attached hydrogen (secondary N) is 1. The van der Waals surface area contributed by atoms with Gasteiger partial charge in [-0.25, -0.2) is 0 Å². The molecule has 1 fully saturated rings. The van der Waals surface area contributed by atoms with Crippen molar-refractivity contribution in [2.45, 2.75) is 32.4 Å². The Hall–Kier alpha value is -1.26. The number of para-hydroxylation sites is 1. The molecule has 19 heavy (non-hydrogen) atoms. The zero-order valence-corrected chi connectivity index (χ0v) is 12.3. The molecular weight excluding hydrogens is 264 g/mol. The summed E-state index contributed by atoms with van der Waals surface area (Å²) in [6.07, 6.45) is 1.05. The van der Waals surface area contributed by atoms with Crippen LogP contribution in [0, 0.1) is 5.41 Å². The molecule has 1 saturated carbocycles. The van der Waals surface area contributed by atoms with Crippen molar-refractivity contribution in [3.63, 3.8) is 0 Å². The fourth-order valence-corrected chi connectivity index (χ4v) is 2.47. The Bertz CT molecular complexity index is 463. The highest BCUT2D eigenvalue weighted by atomic mass is 35.5. The number of nitrogens with two attached hydrogens (primary N) is 1. The number of rotatable bonds is 3. The van der Waals surface area contributed by atoms with Crippen molar-refractivity contribution in [3.05, 3.63) is 29.8 Å². The Balaban J connectivity index is 0.00000180. The molecule has 3 N–H and O–H groups in total. The van der Waals surface area contributed by atoms with E-state index in [9.17, 15) is 4.79 Å². The van der Waals surface area contributed by atoms with Gasteiger partial charge in [0.05, 0.1) is 11.7 Å². The van der Waals surface area contributed by atoms with Gasteiger partial charge in [-0.1, -0.05) is 26.0 Å². The van der Waals surface area contributed by atoms with Crippen LogP contribution in [0.1, 0.15) is 30.6 Å². The molecule has 0 saturated heterocycles. The highest BCUT2D eigenvalue weighted by Gasteiger charge is 2.49. The minimum atomic E-state index is -0.110. The summed E-state index contributed by atoms with van der Waals surface area (Å²) in [6, 6.07) is 7.24. The van der Waals surface area contributed by atoms with Gasteiger partial charge in [0, 0.05) is 24.3 Å². The van der Waals surface area contributed by atoms with Crippen molar-refractivity contribution in [1.29, 1.82) is 0 Å². The van der Waals surface area contributed by atoms with Gasteiger partial charge in [0.25, 0.3) is 5.91 Å². The third kappa shape index (κ3) is 2.85. The third-order valence-electron chi connectivity index (χ3n) is 3.97. The number of amides is 1. The van der Waals surface area contributed by atoms with Gasteiger partial charge in [0.1, 0.15) is 0 Å². The summed E-state index contributed by atoms with van der Waals surface area (Å²) in [7, 11) is 1.71. The van der Waals surface area contributed by atoms with Crippen LogP contribution in [0.5, 0.6) is 0 Å². The highest BCUT2D eigenvalue weighted by Crippen LogP contribution is 2.42. The Morgan fingerprint density at radius 1 is 1.42 bits per heavy atom. The predicted molar refractivity (Wildman–Crippen MR) is 78.6 cm³/mol. The topological polar surface area (TPSA) is 64.3 Å². The van der Waals surface area contributed by atoms with E-state index in [1.165, 1.54) is 0 Å². The lowest BCUT2D eigenvalue weighted by atomic mass is 9.64. The number of hydrogen-bond acceptors (Lipinski definition) is 3. The molecule has 0 bridgehead atoms. The number of benzene rings is 1. The first-order chi connectivity index (χ1) is 8.46. The van der Waals surface area contributed by atoms with Gasteiger partial charge in [-0.05, 0) is 18.6 Å². The van der Waals surface area contributed by atoms with E-state index in [2.05, 4.69) is 19.2 Å². The number of anilines is 1. The molecule has 4 nitrogen and oxygen atoms in total. The summed E-state index contributed by atoms with van der Waals surface area (Å²) in [4.78, 5) is 12.1. The van der Waals surface area contributed by atoms with Crippen LogP contribution in [0.15, 0.2) is 24.3 Å². The number of carbonyl (C=O) groups is 1. The lowest BCUT2D eigenvalue weighted by Crippen LogP contribution is -2.61. The SMILES string of the molecule is COC1CC(NC(=O)c2ccccc2N)C1(C)C.Cl. The van der Waals surface area contributed by atoms with Crippen LogP contribution in [0.2, 0.25) is 0 Å². The van der Waals surface area contributed by atoms with Crippen LogP contribution >= 0.6 is 12.4 Å². The normalized spacial score (nSPS) is 23.9. The summed E-state index contributed by atoms with van der Waals surface area (Å²) in [5.41, 5.74) is 6.80. The van der Waals surface area contributed by atoms with Crippen LogP contribution in [0.4, 0.5) is 5.69 Å². The van der Waals surface area contributed by atoms with Crippen molar-refractivity contribution in [3.8, 4) is 0 Å². The molecule has 1 amide bonds. The number of nitrogen functional groups attached to an aromatic ring is 1. The van der Waals surface area contributed by atoms with E-state index in [-0.39, 0.29) is 35.9 Å². The maximum atomic E-state index is 12.1. The molecule has 1 aromatic carbocycles. The highest BCUT2D eigenvalue weighted by molar-refractivity contribution is 5.99. The summed E-state index contributed by atoms with van der Waals surface area (Å²) in [6.45, 7) is 4.20. The van der Waals surface area contributed by atoms with Gasteiger partial charge in [-0.2, -0.15) is 0 Å². The van der Waals surface area contributed by atoms with E-state index >= 15 is 0 Å². The van der Waals surface area contributed by atoms with Gasteiger partial charge in [0.2, 0.25) is 0 Å². The molecule has 0 aromatic heterocycles.